The highest BCUT2D eigenvalue weighted by Crippen LogP contribution is 2.16. The van der Waals surface area contributed by atoms with E-state index in [0.717, 1.165) is 4.57 Å². The van der Waals surface area contributed by atoms with Gasteiger partial charge in [0, 0.05) is 6.07 Å². The van der Waals surface area contributed by atoms with Crippen molar-refractivity contribution < 1.29 is 9.52 Å². The number of phenolic OH excluding ortho intramolecular Hbond substituents is 1. The molecule has 0 atom stereocenters. The molecule has 0 radical (unpaired) electrons. The predicted octanol–water partition coefficient (Wildman–Crippen LogP) is 1.65. The lowest BCUT2D eigenvalue weighted by Gasteiger charge is -2.04. The third kappa shape index (κ3) is 1.81. The molecule has 1 N–H and O–H groups in total. The summed E-state index contributed by atoms with van der Waals surface area (Å²) < 4.78 is 6.01. The summed E-state index contributed by atoms with van der Waals surface area (Å²) in [6.07, 6.45) is 0. The number of fused-ring (bicyclic) bond motifs is 1. The molecule has 0 spiro atoms. The summed E-state index contributed by atoms with van der Waals surface area (Å²) in [5.74, 6) is -0.846. The first kappa shape index (κ1) is 11.3. The number of phenols is 1. The molecule has 94 valence electrons. The fourth-order valence-corrected chi connectivity index (χ4v) is 1.91. The minimum absolute atomic E-state index is 0.0625. The summed E-state index contributed by atoms with van der Waals surface area (Å²) in [5.41, 5.74) is 0.0378. The van der Waals surface area contributed by atoms with Gasteiger partial charge in [-0.25, -0.2) is 9.36 Å². The van der Waals surface area contributed by atoms with E-state index < -0.39 is 11.3 Å². The Kier molecular flexibility index (Phi) is 2.45. The SMILES string of the molecule is O=c1oc2cc(O)ccc2c(=O)n1-c1ccccc1. The maximum atomic E-state index is 12.3. The first-order chi connectivity index (χ1) is 9.16. The maximum Gasteiger partial charge on any atom is 0.426 e. The number of rotatable bonds is 1. The quantitative estimate of drug-likeness (QED) is 0.717. The van der Waals surface area contributed by atoms with Crippen molar-refractivity contribution in [3.8, 4) is 11.4 Å². The average Bonchev–Trinajstić information content (AvgIpc) is 2.39. The van der Waals surface area contributed by atoms with Crippen LogP contribution in [0, 0.1) is 0 Å². The molecule has 0 bridgehead atoms. The highest BCUT2D eigenvalue weighted by Gasteiger charge is 2.11. The van der Waals surface area contributed by atoms with Crippen LogP contribution in [-0.2, 0) is 0 Å². The monoisotopic (exact) mass is 255 g/mol. The Balaban J connectivity index is 2.43. The van der Waals surface area contributed by atoms with Crippen molar-refractivity contribution in [3.05, 3.63) is 69.4 Å². The van der Waals surface area contributed by atoms with Crippen LogP contribution in [0.15, 0.2) is 62.5 Å². The number of aromatic nitrogens is 1. The second kappa shape index (κ2) is 4.13. The smallest absolute Gasteiger partial charge is 0.426 e. The lowest BCUT2D eigenvalue weighted by Crippen LogP contribution is -2.30. The van der Waals surface area contributed by atoms with Crippen LogP contribution < -0.4 is 11.3 Å². The molecule has 0 saturated carbocycles. The second-order valence-corrected chi connectivity index (χ2v) is 4.02. The van der Waals surface area contributed by atoms with Gasteiger partial charge in [0.25, 0.3) is 5.56 Å². The molecule has 0 unspecified atom stereocenters. The number of nitrogens with zero attached hydrogens (tertiary/aromatic N) is 1. The van der Waals surface area contributed by atoms with Crippen LogP contribution in [-0.4, -0.2) is 9.67 Å². The third-order valence-corrected chi connectivity index (χ3v) is 2.79. The van der Waals surface area contributed by atoms with Crippen molar-refractivity contribution in [2.75, 3.05) is 0 Å². The highest BCUT2D eigenvalue weighted by atomic mass is 16.4. The van der Waals surface area contributed by atoms with Gasteiger partial charge in [-0.2, -0.15) is 0 Å². The molecule has 3 rings (SSSR count). The van der Waals surface area contributed by atoms with E-state index in [-0.39, 0.29) is 16.7 Å². The molecular formula is C14H9NO4. The summed E-state index contributed by atoms with van der Waals surface area (Å²) in [6.45, 7) is 0. The summed E-state index contributed by atoms with van der Waals surface area (Å²) >= 11 is 0. The van der Waals surface area contributed by atoms with Crippen LogP contribution in [0.5, 0.6) is 5.75 Å². The molecule has 0 aliphatic rings. The number of aromatic hydroxyl groups is 1. The molecule has 2 aromatic carbocycles. The molecule has 0 fully saturated rings. The molecule has 0 amide bonds. The molecule has 0 saturated heterocycles. The van der Waals surface area contributed by atoms with E-state index in [4.69, 9.17) is 4.42 Å². The summed E-state index contributed by atoms with van der Waals surface area (Å²) in [5, 5.41) is 9.56. The van der Waals surface area contributed by atoms with Gasteiger partial charge in [0.1, 0.15) is 11.3 Å². The Morgan fingerprint density at radius 2 is 1.74 bits per heavy atom. The van der Waals surface area contributed by atoms with Crippen molar-refractivity contribution in [1.82, 2.24) is 4.57 Å². The molecule has 3 aromatic rings. The lowest BCUT2D eigenvalue weighted by molar-refractivity contribution is 0.469. The topological polar surface area (TPSA) is 72.4 Å². The summed E-state index contributed by atoms with van der Waals surface area (Å²) in [4.78, 5) is 24.2. The van der Waals surface area contributed by atoms with Crippen molar-refractivity contribution >= 4 is 11.0 Å². The molecule has 19 heavy (non-hydrogen) atoms. The lowest BCUT2D eigenvalue weighted by atomic mass is 10.2. The molecule has 1 aromatic heterocycles. The van der Waals surface area contributed by atoms with E-state index in [2.05, 4.69) is 0 Å². The van der Waals surface area contributed by atoms with Gasteiger partial charge in [0.2, 0.25) is 0 Å². The number of hydrogen-bond acceptors (Lipinski definition) is 4. The Morgan fingerprint density at radius 3 is 2.47 bits per heavy atom. The van der Waals surface area contributed by atoms with Crippen LogP contribution in [0.1, 0.15) is 0 Å². The molecule has 5 heteroatoms. The Hall–Kier alpha value is -2.82. The largest absolute Gasteiger partial charge is 0.508 e. The van der Waals surface area contributed by atoms with E-state index in [9.17, 15) is 14.7 Å². The van der Waals surface area contributed by atoms with Gasteiger partial charge in [-0.05, 0) is 24.3 Å². The van der Waals surface area contributed by atoms with E-state index in [0.29, 0.717) is 5.69 Å². The Morgan fingerprint density at radius 1 is 1.00 bits per heavy atom. The van der Waals surface area contributed by atoms with Gasteiger partial charge in [-0.15, -0.1) is 0 Å². The van der Waals surface area contributed by atoms with Gasteiger partial charge in [0.05, 0.1) is 11.1 Å². The Labute approximate surface area is 107 Å². The van der Waals surface area contributed by atoms with Crippen LogP contribution in [0.3, 0.4) is 0 Å². The van der Waals surface area contributed by atoms with Crippen LogP contribution in [0.25, 0.3) is 16.7 Å². The summed E-state index contributed by atoms with van der Waals surface area (Å²) in [7, 11) is 0. The van der Waals surface area contributed by atoms with Gasteiger partial charge >= 0.3 is 5.76 Å². The van der Waals surface area contributed by atoms with Crippen molar-refractivity contribution in [3.63, 3.8) is 0 Å². The molecule has 5 nitrogen and oxygen atoms in total. The van der Waals surface area contributed by atoms with Gasteiger partial charge in [0.15, 0.2) is 0 Å². The van der Waals surface area contributed by atoms with Crippen molar-refractivity contribution in [2.45, 2.75) is 0 Å². The van der Waals surface area contributed by atoms with Crippen LogP contribution in [0.2, 0.25) is 0 Å². The van der Waals surface area contributed by atoms with E-state index in [1.165, 1.54) is 18.2 Å². The fraction of sp³-hybridized carbons (Fsp3) is 0. The minimum Gasteiger partial charge on any atom is -0.508 e. The molecule has 0 aliphatic carbocycles. The molecular weight excluding hydrogens is 246 g/mol. The maximum absolute atomic E-state index is 12.3. The van der Waals surface area contributed by atoms with Crippen LogP contribution >= 0.6 is 0 Å². The molecule has 1 heterocycles. The third-order valence-electron chi connectivity index (χ3n) is 2.79. The normalized spacial score (nSPS) is 10.7. The second-order valence-electron chi connectivity index (χ2n) is 4.02. The fourth-order valence-electron chi connectivity index (χ4n) is 1.91. The predicted molar refractivity (Wildman–Crippen MR) is 69.7 cm³/mol. The number of para-hydroxylation sites is 1. The number of hydrogen-bond donors (Lipinski definition) is 1. The number of benzene rings is 2. The Bertz CT molecular complexity index is 862. The molecule has 0 aliphatic heterocycles. The summed E-state index contributed by atoms with van der Waals surface area (Å²) in [6, 6.07) is 12.6. The van der Waals surface area contributed by atoms with Crippen molar-refractivity contribution in [2.24, 2.45) is 0 Å². The zero-order valence-electron chi connectivity index (χ0n) is 9.74. The van der Waals surface area contributed by atoms with E-state index >= 15 is 0 Å². The standard InChI is InChI=1S/C14H9NO4/c16-10-6-7-11-12(8-10)19-14(18)15(13(11)17)9-4-2-1-3-5-9/h1-8,16H. The zero-order chi connectivity index (χ0) is 13.4. The minimum atomic E-state index is -0.783. The van der Waals surface area contributed by atoms with Crippen LogP contribution in [0.4, 0.5) is 0 Å². The van der Waals surface area contributed by atoms with E-state index in [1.54, 1.807) is 30.3 Å². The van der Waals surface area contributed by atoms with Crippen molar-refractivity contribution in [1.29, 1.82) is 0 Å². The average molecular weight is 255 g/mol. The van der Waals surface area contributed by atoms with Gasteiger partial charge < -0.3 is 9.52 Å². The first-order valence-electron chi connectivity index (χ1n) is 5.61. The zero-order valence-corrected chi connectivity index (χ0v) is 9.74. The van der Waals surface area contributed by atoms with Gasteiger partial charge in [-0.1, -0.05) is 18.2 Å². The van der Waals surface area contributed by atoms with E-state index in [1.807, 2.05) is 0 Å². The highest BCUT2D eigenvalue weighted by molar-refractivity contribution is 5.77. The van der Waals surface area contributed by atoms with Gasteiger partial charge in [-0.3, -0.25) is 4.79 Å². The first-order valence-corrected chi connectivity index (χ1v) is 5.61.